The number of unbranched alkanes of at least 4 members (excludes halogenated alkanes) is 3. The minimum atomic E-state index is 0.707. The fourth-order valence-corrected chi connectivity index (χ4v) is 1.20. The Morgan fingerprint density at radius 2 is 2.00 bits per heavy atom. The molecule has 2 nitrogen and oxygen atoms in total. The maximum atomic E-state index is 5.50. The Hall–Kier alpha value is -0.340. The molecule has 0 aromatic rings. The van der Waals surface area contributed by atoms with Gasteiger partial charge in [0, 0.05) is 13.2 Å². The van der Waals surface area contributed by atoms with Crippen molar-refractivity contribution in [2.45, 2.75) is 39.5 Å². The Kier molecular flexibility index (Phi) is 10.5. The number of likely N-dealkylation sites (N-methyl/N-ethyl adjacent to an activating group) is 1. The molecule has 1 N–H and O–H groups in total. The van der Waals surface area contributed by atoms with Crippen LogP contribution >= 0.6 is 0 Å². The van der Waals surface area contributed by atoms with Crippen molar-refractivity contribution in [3.05, 3.63) is 12.2 Å². The van der Waals surface area contributed by atoms with Crippen molar-refractivity contribution >= 4 is 0 Å². The first-order valence-corrected chi connectivity index (χ1v) is 5.76. The first-order chi connectivity index (χ1) is 6.81. The molecule has 0 saturated heterocycles. The van der Waals surface area contributed by atoms with E-state index in [4.69, 9.17) is 4.74 Å². The summed E-state index contributed by atoms with van der Waals surface area (Å²) >= 11 is 0. The molecule has 2 heteroatoms. The SMILES string of the molecule is C=C(CNCC)COCCCCCC. The summed E-state index contributed by atoms with van der Waals surface area (Å²) in [7, 11) is 0. The normalized spacial score (nSPS) is 10.4. The lowest BCUT2D eigenvalue weighted by Crippen LogP contribution is -2.18. The molecule has 0 aliphatic rings. The summed E-state index contributed by atoms with van der Waals surface area (Å²) in [6.45, 7) is 11.7. The summed E-state index contributed by atoms with van der Waals surface area (Å²) in [4.78, 5) is 0. The van der Waals surface area contributed by atoms with Gasteiger partial charge in [-0.05, 0) is 18.5 Å². The van der Waals surface area contributed by atoms with Crippen LogP contribution in [0.4, 0.5) is 0 Å². The van der Waals surface area contributed by atoms with Crippen LogP contribution < -0.4 is 5.32 Å². The zero-order valence-electron chi connectivity index (χ0n) is 9.77. The van der Waals surface area contributed by atoms with E-state index in [1.165, 1.54) is 25.7 Å². The van der Waals surface area contributed by atoms with Crippen molar-refractivity contribution in [1.29, 1.82) is 0 Å². The smallest absolute Gasteiger partial charge is 0.0686 e. The third-order valence-electron chi connectivity index (χ3n) is 2.07. The molecule has 84 valence electrons. The first-order valence-electron chi connectivity index (χ1n) is 5.76. The van der Waals surface area contributed by atoms with Crippen molar-refractivity contribution in [3.63, 3.8) is 0 Å². The number of rotatable bonds is 10. The zero-order valence-corrected chi connectivity index (χ0v) is 9.77. The largest absolute Gasteiger partial charge is 0.377 e. The minimum Gasteiger partial charge on any atom is -0.377 e. The Labute approximate surface area is 88.7 Å². The van der Waals surface area contributed by atoms with Gasteiger partial charge in [-0.3, -0.25) is 0 Å². The van der Waals surface area contributed by atoms with E-state index in [1.54, 1.807) is 0 Å². The molecule has 0 saturated carbocycles. The van der Waals surface area contributed by atoms with Crippen molar-refractivity contribution in [2.24, 2.45) is 0 Å². The maximum absolute atomic E-state index is 5.50. The monoisotopic (exact) mass is 199 g/mol. The van der Waals surface area contributed by atoms with Crippen LogP contribution in [0.15, 0.2) is 12.2 Å². The highest BCUT2D eigenvalue weighted by atomic mass is 16.5. The maximum Gasteiger partial charge on any atom is 0.0686 e. The Balaban J connectivity index is 3.07. The minimum absolute atomic E-state index is 0.707. The number of ether oxygens (including phenoxy) is 1. The fraction of sp³-hybridized carbons (Fsp3) is 0.833. The van der Waals surface area contributed by atoms with E-state index in [1.807, 2.05) is 0 Å². The van der Waals surface area contributed by atoms with Crippen LogP contribution in [0.2, 0.25) is 0 Å². The van der Waals surface area contributed by atoms with Gasteiger partial charge in [-0.1, -0.05) is 39.7 Å². The third kappa shape index (κ3) is 9.75. The Bertz CT molecular complexity index is 134. The topological polar surface area (TPSA) is 21.3 Å². The van der Waals surface area contributed by atoms with Crippen molar-refractivity contribution in [2.75, 3.05) is 26.3 Å². The number of hydrogen-bond donors (Lipinski definition) is 1. The van der Waals surface area contributed by atoms with Crippen LogP contribution in [0.5, 0.6) is 0 Å². The summed E-state index contributed by atoms with van der Waals surface area (Å²) < 4.78 is 5.50. The van der Waals surface area contributed by atoms with E-state index in [0.29, 0.717) is 6.61 Å². The third-order valence-corrected chi connectivity index (χ3v) is 2.07. The molecule has 0 aliphatic heterocycles. The van der Waals surface area contributed by atoms with E-state index in [2.05, 4.69) is 25.7 Å². The number of nitrogens with one attached hydrogen (secondary N) is 1. The summed E-state index contributed by atoms with van der Waals surface area (Å²) in [6, 6.07) is 0. The van der Waals surface area contributed by atoms with E-state index in [9.17, 15) is 0 Å². The van der Waals surface area contributed by atoms with Gasteiger partial charge in [-0.25, -0.2) is 0 Å². The van der Waals surface area contributed by atoms with Gasteiger partial charge >= 0.3 is 0 Å². The highest BCUT2D eigenvalue weighted by Crippen LogP contribution is 1.99. The predicted molar refractivity (Wildman–Crippen MR) is 62.6 cm³/mol. The average molecular weight is 199 g/mol. The van der Waals surface area contributed by atoms with Gasteiger partial charge in [-0.2, -0.15) is 0 Å². The van der Waals surface area contributed by atoms with Crippen molar-refractivity contribution in [1.82, 2.24) is 5.32 Å². The Morgan fingerprint density at radius 3 is 2.64 bits per heavy atom. The van der Waals surface area contributed by atoms with E-state index in [-0.39, 0.29) is 0 Å². The molecule has 0 rings (SSSR count). The summed E-state index contributed by atoms with van der Waals surface area (Å²) in [5, 5.41) is 3.23. The predicted octanol–water partition coefficient (Wildman–Crippen LogP) is 2.75. The average Bonchev–Trinajstić information content (AvgIpc) is 2.20. The van der Waals surface area contributed by atoms with E-state index < -0.39 is 0 Å². The molecule has 0 spiro atoms. The van der Waals surface area contributed by atoms with Crippen LogP contribution in [0.25, 0.3) is 0 Å². The van der Waals surface area contributed by atoms with Crippen molar-refractivity contribution < 1.29 is 4.74 Å². The van der Waals surface area contributed by atoms with Crippen molar-refractivity contribution in [3.8, 4) is 0 Å². The second-order valence-corrected chi connectivity index (χ2v) is 3.64. The van der Waals surface area contributed by atoms with Gasteiger partial charge in [0.25, 0.3) is 0 Å². The molecular formula is C12H25NO. The van der Waals surface area contributed by atoms with Crippen LogP contribution in [-0.2, 0) is 4.74 Å². The second-order valence-electron chi connectivity index (χ2n) is 3.64. The molecule has 0 aliphatic carbocycles. The van der Waals surface area contributed by atoms with Gasteiger partial charge < -0.3 is 10.1 Å². The molecule has 0 aromatic carbocycles. The molecule has 0 atom stereocenters. The Morgan fingerprint density at radius 1 is 1.21 bits per heavy atom. The summed E-state index contributed by atoms with van der Waals surface area (Å²) in [6.07, 6.45) is 5.08. The lowest BCUT2D eigenvalue weighted by molar-refractivity contribution is 0.150. The van der Waals surface area contributed by atoms with Gasteiger partial charge in [0.05, 0.1) is 6.61 Å². The molecule has 0 radical (unpaired) electrons. The standard InChI is InChI=1S/C12H25NO/c1-4-6-7-8-9-14-11-12(3)10-13-5-2/h13H,3-11H2,1-2H3. The molecule has 0 unspecified atom stereocenters. The van der Waals surface area contributed by atoms with Crippen LogP contribution in [0.1, 0.15) is 39.5 Å². The molecule has 0 amide bonds. The van der Waals surface area contributed by atoms with Crippen LogP contribution in [-0.4, -0.2) is 26.3 Å². The highest BCUT2D eigenvalue weighted by Gasteiger charge is 1.93. The molecule has 14 heavy (non-hydrogen) atoms. The van der Waals surface area contributed by atoms with Crippen LogP contribution in [0.3, 0.4) is 0 Å². The van der Waals surface area contributed by atoms with E-state index >= 15 is 0 Å². The number of hydrogen-bond acceptors (Lipinski definition) is 2. The van der Waals surface area contributed by atoms with Crippen LogP contribution in [0, 0.1) is 0 Å². The molecule has 0 heterocycles. The second kappa shape index (κ2) is 10.7. The van der Waals surface area contributed by atoms with Gasteiger partial charge in [0.1, 0.15) is 0 Å². The van der Waals surface area contributed by atoms with Gasteiger partial charge in [0.15, 0.2) is 0 Å². The quantitative estimate of drug-likeness (QED) is 0.431. The first kappa shape index (κ1) is 13.7. The summed E-state index contributed by atoms with van der Waals surface area (Å²) in [5.41, 5.74) is 1.14. The lowest BCUT2D eigenvalue weighted by atomic mass is 10.2. The summed E-state index contributed by atoms with van der Waals surface area (Å²) in [5.74, 6) is 0. The molecule has 0 fully saturated rings. The van der Waals surface area contributed by atoms with E-state index in [0.717, 1.165) is 25.3 Å². The van der Waals surface area contributed by atoms with Gasteiger partial charge in [0.2, 0.25) is 0 Å². The highest BCUT2D eigenvalue weighted by molar-refractivity contribution is 4.96. The fourth-order valence-electron chi connectivity index (χ4n) is 1.20. The molecule has 0 aromatic heterocycles. The zero-order chi connectivity index (χ0) is 10.6. The molecular weight excluding hydrogens is 174 g/mol. The van der Waals surface area contributed by atoms with Gasteiger partial charge in [-0.15, -0.1) is 0 Å². The lowest BCUT2D eigenvalue weighted by Gasteiger charge is -2.07. The molecule has 0 bridgehead atoms.